The quantitative estimate of drug-likeness (QED) is 0.824. The van der Waals surface area contributed by atoms with Crippen molar-refractivity contribution in [3.05, 3.63) is 29.8 Å². The van der Waals surface area contributed by atoms with Crippen molar-refractivity contribution in [2.75, 3.05) is 19.6 Å². The third-order valence-corrected chi connectivity index (χ3v) is 3.32. The van der Waals surface area contributed by atoms with Crippen LogP contribution < -0.4 is 5.32 Å². The maximum Gasteiger partial charge on any atom is 0.223 e. The van der Waals surface area contributed by atoms with Crippen LogP contribution in [0.2, 0.25) is 0 Å². The molecule has 1 amide bonds. The molecular weight excluding hydrogens is 245 g/mol. The Morgan fingerprint density at radius 3 is 2.84 bits per heavy atom. The molecule has 1 aromatic heterocycles. The molecule has 2 rings (SSSR count). The standard InChI is InChI=1S/C14H20FN3O/c15-13-8-12(10-17-11-13)9-16-5-4-14(19)18-6-2-1-3-7-18/h8,10-11,16H,1-7,9H2. The maximum atomic E-state index is 12.9. The fourth-order valence-corrected chi connectivity index (χ4v) is 2.28. The third kappa shape index (κ3) is 4.59. The molecule has 1 aliphatic heterocycles. The van der Waals surface area contributed by atoms with Gasteiger partial charge in [-0.1, -0.05) is 0 Å². The van der Waals surface area contributed by atoms with E-state index in [9.17, 15) is 9.18 Å². The Morgan fingerprint density at radius 1 is 1.32 bits per heavy atom. The lowest BCUT2D eigenvalue weighted by molar-refractivity contribution is -0.131. The van der Waals surface area contributed by atoms with Crippen LogP contribution in [0.1, 0.15) is 31.2 Å². The van der Waals surface area contributed by atoms with E-state index in [1.165, 1.54) is 18.7 Å². The summed E-state index contributed by atoms with van der Waals surface area (Å²) in [7, 11) is 0. The Kier molecular flexibility index (Phi) is 5.27. The van der Waals surface area contributed by atoms with Gasteiger partial charge in [0.2, 0.25) is 5.91 Å². The first-order valence-corrected chi connectivity index (χ1v) is 6.83. The molecule has 0 unspecified atom stereocenters. The minimum atomic E-state index is -0.330. The van der Waals surface area contributed by atoms with Gasteiger partial charge in [-0.2, -0.15) is 0 Å². The first-order valence-electron chi connectivity index (χ1n) is 6.83. The van der Waals surface area contributed by atoms with E-state index < -0.39 is 0 Å². The lowest BCUT2D eigenvalue weighted by Gasteiger charge is -2.26. The third-order valence-electron chi connectivity index (χ3n) is 3.32. The molecule has 1 aliphatic rings. The molecule has 5 heteroatoms. The number of nitrogens with one attached hydrogen (secondary N) is 1. The fourth-order valence-electron chi connectivity index (χ4n) is 2.28. The number of carbonyl (C=O) groups excluding carboxylic acids is 1. The number of carbonyl (C=O) groups is 1. The first kappa shape index (κ1) is 13.9. The van der Waals surface area contributed by atoms with Crippen LogP contribution in [0.15, 0.2) is 18.5 Å². The highest BCUT2D eigenvalue weighted by Gasteiger charge is 2.15. The molecule has 0 bridgehead atoms. The normalized spacial score (nSPS) is 15.5. The number of nitrogens with zero attached hydrogens (tertiary/aromatic N) is 2. The van der Waals surface area contributed by atoms with E-state index in [0.717, 1.165) is 31.5 Å². The van der Waals surface area contributed by atoms with Gasteiger partial charge in [0, 0.05) is 38.8 Å². The van der Waals surface area contributed by atoms with Crippen molar-refractivity contribution in [2.45, 2.75) is 32.2 Å². The summed E-state index contributed by atoms with van der Waals surface area (Å²) in [4.78, 5) is 17.6. The lowest BCUT2D eigenvalue weighted by Crippen LogP contribution is -2.37. The smallest absolute Gasteiger partial charge is 0.223 e. The molecule has 1 aromatic rings. The zero-order valence-corrected chi connectivity index (χ0v) is 11.1. The maximum absolute atomic E-state index is 12.9. The van der Waals surface area contributed by atoms with Crippen LogP contribution in [-0.4, -0.2) is 35.4 Å². The van der Waals surface area contributed by atoms with Gasteiger partial charge < -0.3 is 10.2 Å². The Bertz CT molecular complexity index is 419. The highest BCUT2D eigenvalue weighted by molar-refractivity contribution is 5.76. The van der Waals surface area contributed by atoms with Crippen molar-refractivity contribution in [1.82, 2.24) is 15.2 Å². The van der Waals surface area contributed by atoms with Crippen molar-refractivity contribution >= 4 is 5.91 Å². The number of halogens is 1. The summed E-state index contributed by atoms with van der Waals surface area (Å²) < 4.78 is 12.9. The largest absolute Gasteiger partial charge is 0.343 e. The van der Waals surface area contributed by atoms with Gasteiger partial charge in [-0.15, -0.1) is 0 Å². The Labute approximate surface area is 113 Å². The number of pyridine rings is 1. The number of rotatable bonds is 5. The van der Waals surface area contributed by atoms with Gasteiger partial charge >= 0.3 is 0 Å². The molecule has 1 N–H and O–H groups in total. The zero-order chi connectivity index (χ0) is 13.5. The van der Waals surface area contributed by atoms with Gasteiger partial charge in [0.25, 0.3) is 0 Å². The molecule has 0 aliphatic carbocycles. The van der Waals surface area contributed by atoms with Gasteiger partial charge in [0.05, 0.1) is 6.20 Å². The van der Waals surface area contributed by atoms with Crippen LogP contribution in [0.25, 0.3) is 0 Å². The Balaban J connectivity index is 1.65. The highest BCUT2D eigenvalue weighted by Crippen LogP contribution is 2.09. The first-order chi connectivity index (χ1) is 9.25. The average Bonchev–Trinajstić information content (AvgIpc) is 2.44. The molecule has 0 spiro atoms. The van der Waals surface area contributed by atoms with Crippen LogP contribution in [0.4, 0.5) is 4.39 Å². The lowest BCUT2D eigenvalue weighted by atomic mass is 10.1. The predicted molar refractivity (Wildman–Crippen MR) is 70.9 cm³/mol. The molecule has 1 saturated heterocycles. The summed E-state index contributed by atoms with van der Waals surface area (Å²) in [6.45, 7) is 2.95. The minimum Gasteiger partial charge on any atom is -0.343 e. The second-order valence-electron chi connectivity index (χ2n) is 4.88. The van der Waals surface area contributed by atoms with Crippen LogP contribution in [-0.2, 0) is 11.3 Å². The second-order valence-corrected chi connectivity index (χ2v) is 4.88. The van der Waals surface area contributed by atoms with Crippen molar-refractivity contribution in [3.8, 4) is 0 Å². The molecule has 0 atom stereocenters. The van der Waals surface area contributed by atoms with Gasteiger partial charge in [-0.25, -0.2) is 4.39 Å². The fraction of sp³-hybridized carbons (Fsp3) is 0.571. The van der Waals surface area contributed by atoms with E-state index in [1.807, 2.05) is 4.90 Å². The Hall–Kier alpha value is -1.49. The number of hydrogen-bond donors (Lipinski definition) is 1. The van der Waals surface area contributed by atoms with Gasteiger partial charge in [0.15, 0.2) is 0 Å². The molecule has 104 valence electrons. The molecule has 0 saturated carbocycles. The number of amides is 1. The summed E-state index contributed by atoms with van der Waals surface area (Å²) in [6.07, 6.45) is 6.78. The molecule has 1 fully saturated rings. The Morgan fingerprint density at radius 2 is 2.11 bits per heavy atom. The number of aromatic nitrogens is 1. The van der Waals surface area contributed by atoms with Crippen molar-refractivity contribution in [2.24, 2.45) is 0 Å². The average molecular weight is 265 g/mol. The number of hydrogen-bond acceptors (Lipinski definition) is 3. The van der Waals surface area contributed by atoms with E-state index in [2.05, 4.69) is 10.3 Å². The zero-order valence-electron chi connectivity index (χ0n) is 11.1. The van der Waals surface area contributed by atoms with Crippen LogP contribution in [0.5, 0.6) is 0 Å². The van der Waals surface area contributed by atoms with Crippen molar-refractivity contribution in [3.63, 3.8) is 0 Å². The monoisotopic (exact) mass is 265 g/mol. The molecule has 0 aromatic carbocycles. The van der Waals surface area contributed by atoms with Gasteiger partial charge in [0.1, 0.15) is 5.82 Å². The van der Waals surface area contributed by atoms with E-state index >= 15 is 0 Å². The number of likely N-dealkylation sites (tertiary alicyclic amines) is 1. The molecule has 4 nitrogen and oxygen atoms in total. The molecule has 2 heterocycles. The van der Waals surface area contributed by atoms with E-state index in [4.69, 9.17) is 0 Å². The summed E-state index contributed by atoms with van der Waals surface area (Å²) in [5.74, 6) is -0.117. The summed E-state index contributed by atoms with van der Waals surface area (Å²) in [6, 6.07) is 1.45. The number of piperidine rings is 1. The van der Waals surface area contributed by atoms with Crippen LogP contribution >= 0.6 is 0 Å². The summed E-state index contributed by atoms with van der Waals surface area (Å²) in [5.41, 5.74) is 0.797. The van der Waals surface area contributed by atoms with Gasteiger partial charge in [-0.05, 0) is 30.9 Å². The van der Waals surface area contributed by atoms with Gasteiger partial charge in [-0.3, -0.25) is 9.78 Å². The van der Waals surface area contributed by atoms with E-state index in [-0.39, 0.29) is 11.7 Å². The topological polar surface area (TPSA) is 45.2 Å². The van der Waals surface area contributed by atoms with Crippen LogP contribution in [0.3, 0.4) is 0 Å². The molecule has 0 radical (unpaired) electrons. The van der Waals surface area contributed by atoms with E-state index in [1.54, 1.807) is 6.20 Å². The van der Waals surface area contributed by atoms with Crippen LogP contribution in [0, 0.1) is 5.82 Å². The second kappa shape index (κ2) is 7.19. The molecule has 19 heavy (non-hydrogen) atoms. The van der Waals surface area contributed by atoms with E-state index in [0.29, 0.717) is 19.5 Å². The highest BCUT2D eigenvalue weighted by atomic mass is 19.1. The van der Waals surface area contributed by atoms with Crippen molar-refractivity contribution in [1.29, 1.82) is 0 Å². The molecular formula is C14H20FN3O. The minimum absolute atomic E-state index is 0.213. The SMILES string of the molecule is O=C(CCNCc1cncc(F)c1)N1CCCCC1. The summed E-state index contributed by atoms with van der Waals surface area (Å²) in [5, 5.41) is 3.14. The summed E-state index contributed by atoms with van der Waals surface area (Å²) >= 11 is 0. The predicted octanol–water partition coefficient (Wildman–Crippen LogP) is 1.71. The van der Waals surface area contributed by atoms with Crippen molar-refractivity contribution < 1.29 is 9.18 Å².